The van der Waals surface area contributed by atoms with Crippen LogP contribution in [0.25, 0.3) is 10.9 Å². The molecule has 0 radical (unpaired) electrons. The zero-order valence-corrected chi connectivity index (χ0v) is 12.4. The number of hydrogen-bond donors (Lipinski definition) is 1. The first-order valence-electron chi connectivity index (χ1n) is 6.94. The Hall–Kier alpha value is -1.97. The minimum absolute atomic E-state index is 0.372. The minimum atomic E-state index is -0.888. The van der Waals surface area contributed by atoms with E-state index < -0.39 is 5.97 Å². The van der Waals surface area contributed by atoms with Crippen LogP contribution in [0.2, 0.25) is 0 Å². The summed E-state index contributed by atoms with van der Waals surface area (Å²) in [6.07, 6.45) is 0. The lowest BCUT2D eigenvalue weighted by atomic mass is 10.1. The molecule has 0 bridgehead atoms. The molecule has 0 aliphatic rings. The Balaban J connectivity index is 2.55. The molecule has 0 atom stereocenters. The van der Waals surface area contributed by atoms with Crippen LogP contribution in [0.15, 0.2) is 18.2 Å². The molecule has 0 spiro atoms. The quantitative estimate of drug-likeness (QED) is 0.905. The van der Waals surface area contributed by atoms with Gasteiger partial charge in [-0.25, -0.2) is 4.79 Å². The van der Waals surface area contributed by atoms with Crippen LogP contribution >= 0.6 is 0 Å². The predicted octanol–water partition coefficient (Wildman–Crippen LogP) is 3.70. The van der Waals surface area contributed by atoms with E-state index in [2.05, 4.69) is 13.8 Å². The number of hydrogen-bond acceptors (Lipinski definition) is 2. The van der Waals surface area contributed by atoms with Crippen molar-refractivity contribution in [3.05, 3.63) is 29.5 Å². The van der Waals surface area contributed by atoms with Crippen molar-refractivity contribution in [2.75, 3.05) is 6.61 Å². The molecule has 1 heterocycles. The number of fused-ring (bicyclic) bond motifs is 1. The summed E-state index contributed by atoms with van der Waals surface area (Å²) in [6.45, 7) is 9.41. The topological polar surface area (TPSA) is 51.5 Å². The molecule has 1 aromatic heterocycles. The van der Waals surface area contributed by atoms with Crippen molar-refractivity contribution in [1.29, 1.82) is 0 Å². The maximum Gasteiger partial charge on any atom is 0.338 e. The highest BCUT2D eigenvalue weighted by Gasteiger charge is 2.19. The van der Waals surface area contributed by atoms with E-state index in [-0.39, 0.29) is 0 Å². The summed E-state index contributed by atoms with van der Waals surface area (Å²) in [6, 6.07) is 5.68. The lowest BCUT2D eigenvalue weighted by Gasteiger charge is -2.09. The molecule has 20 heavy (non-hydrogen) atoms. The first-order valence-corrected chi connectivity index (χ1v) is 6.94. The molecule has 1 aromatic carbocycles. The molecule has 108 valence electrons. The van der Waals surface area contributed by atoms with Gasteiger partial charge in [0.15, 0.2) is 0 Å². The highest BCUT2D eigenvalue weighted by Crippen LogP contribution is 2.29. The number of aromatic carboxylic acids is 1. The third kappa shape index (κ3) is 2.50. The van der Waals surface area contributed by atoms with Gasteiger partial charge in [-0.1, -0.05) is 13.8 Å². The van der Waals surface area contributed by atoms with Gasteiger partial charge in [-0.05, 0) is 38.0 Å². The van der Waals surface area contributed by atoms with E-state index in [0.717, 1.165) is 28.9 Å². The van der Waals surface area contributed by atoms with Crippen LogP contribution < -0.4 is 4.74 Å². The zero-order chi connectivity index (χ0) is 14.9. The fourth-order valence-electron chi connectivity index (χ4n) is 2.49. The third-order valence-corrected chi connectivity index (χ3v) is 3.41. The molecule has 2 aromatic rings. The van der Waals surface area contributed by atoms with Crippen LogP contribution in [0.1, 0.15) is 36.8 Å². The fourth-order valence-corrected chi connectivity index (χ4v) is 2.49. The van der Waals surface area contributed by atoms with Crippen molar-refractivity contribution in [1.82, 2.24) is 4.57 Å². The van der Waals surface area contributed by atoms with E-state index >= 15 is 0 Å². The molecule has 0 amide bonds. The molecule has 0 fully saturated rings. The summed E-state index contributed by atoms with van der Waals surface area (Å²) >= 11 is 0. The minimum Gasteiger partial charge on any atom is -0.493 e. The van der Waals surface area contributed by atoms with E-state index in [1.807, 2.05) is 36.6 Å². The van der Waals surface area contributed by atoms with Crippen molar-refractivity contribution >= 4 is 16.9 Å². The number of nitrogens with zero attached hydrogens (tertiary/aromatic N) is 1. The first-order chi connectivity index (χ1) is 9.45. The molecular weight excluding hydrogens is 254 g/mol. The average molecular weight is 275 g/mol. The monoisotopic (exact) mass is 275 g/mol. The zero-order valence-electron chi connectivity index (χ0n) is 12.4. The molecule has 0 saturated heterocycles. The highest BCUT2D eigenvalue weighted by atomic mass is 16.5. The van der Waals surface area contributed by atoms with Gasteiger partial charge in [0.1, 0.15) is 5.75 Å². The summed E-state index contributed by atoms with van der Waals surface area (Å²) in [5, 5.41) is 10.2. The second kappa shape index (κ2) is 5.57. The molecular formula is C16H21NO3. The molecule has 4 nitrogen and oxygen atoms in total. The SMILES string of the molecule is CCn1c(C)c(C(=O)O)c2cc(OCC(C)C)ccc21. The van der Waals surface area contributed by atoms with Gasteiger partial charge >= 0.3 is 5.97 Å². The normalized spacial score (nSPS) is 11.2. The lowest BCUT2D eigenvalue weighted by Crippen LogP contribution is -2.04. The molecule has 1 N–H and O–H groups in total. The van der Waals surface area contributed by atoms with Gasteiger partial charge < -0.3 is 14.4 Å². The van der Waals surface area contributed by atoms with Gasteiger partial charge in [0.05, 0.1) is 12.2 Å². The van der Waals surface area contributed by atoms with E-state index in [4.69, 9.17) is 4.74 Å². The number of carbonyl (C=O) groups is 1. The lowest BCUT2D eigenvalue weighted by molar-refractivity contribution is 0.0698. The van der Waals surface area contributed by atoms with Gasteiger partial charge in [-0.15, -0.1) is 0 Å². The Bertz CT molecular complexity index is 641. The molecule has 0 aliphatic carbocycles. The Kier molecular flexibility index (Phi) is 4.02. The Morgan fingerprint density at radius 1 is 1.40 bits per heavy atom. The van der Waals surface area contributed by atoms with Crippen molar-refractivity contribution in [2.45, 2.75) is 34.2 Å². The summed E-state index contributed by atoms with van der Waals surface area (Å²) in [5.74, 6) is 0.272. The van der Waals surface area contributed by atoms with Crippen LogP contribution in [0.4, 0.5) is 0 Å². The number of carboxylic acids is 1. The molecule has 0 aliphatic heterocycles. The molecule has 2 rings (SSSR count). The standard InChI is InChI=1S/C16H21NO3/c1-5-17-11(4)15(16(18)19)13-8-12(6-7-14(13)17)20-9-10(2)3/h6-8,10H,5,9H2,1-4H3,(H,18,19). The van der Waals surface area contributed by atoms with Crippen LogP contribution in [-0.2, 0) is 6.54 Å². The predicted molar refractivity (Wildman–Crippen MR) is 79.6 cm³/mol. The molecule has 0 unspecified atom stereocenters. The number of carboxylic acid groups (broad SMARTS) is 1. The van der Waals surface area contributed by atoms with Gasteiger partial charge in [0.2, 0.25) is 0 Å². The maximum absolute atomic E-state index is 11.5. The molecule has 4 heteroatoms. The van der Waals surface area contributed by atoms with Gasteiger partial charge in [0, 0.05) is 23.1 Å². The Morgan fingerprint density at radius 2 is 2.10 bits per heavy atom. The largest absolute Gasteiger partial charge is 0.493 e. The summed E-state index contributed by atoms with van der Waals surface area (Å²) < 4.78 is 7.71. The number of aromatic nitrogens is 1. The van der Waals surface area contributed by atoms with Crippen molar-refractivity contribution in [3.8, 4) is 5.75 Å². The van der Waals surface area contributed by atoms with Crippen molar-refractivity contribution < 1.29 is 14.6 Å². The highest BCUT2D eigenvalue weighted by molar-refractivity contribution is 6.05. The summed E-state index contributed by atoms with van der Waals surface area (Å²) in [5.41, 5.74) is 2.10. The van der Waals surface area contributed by atoms with E-state index in [1.165, 1.54) is 0 Å². The number of ether oxygens (including phenoxy) is 1. The van der Waals surface area contributed by atoms with Crippen LogP contribution in [0.3, 0.4) is 0 Å². The average Bonchev–Trinajstić information content (AvgIpc) is 2.66. The van der Waals surface area contributed by atoms with Crippen LogP contribution in [-0.4, -0.2) is 22.2 Å². The van der Waals surface area contributed by atoms with E-state index in [1.54, 1.807) is 0 Å². The second-order valence-corrected chi connectivity index (χ2v) is 5.39. The Morgan fingerprint density at radius 3 is 2.65 bits per heavy atom. The van der Waals surface area contributed by atoms with E-state index in [0.29, 0.717) is 18.1 Å². The smallest absolute Gasteiger partial charge is 0.338 e. The second-order valence-electron chi connectivity index (χ2n) is 5.39. The maximum atomic E-state index is 11.5. The van der Waals surface area contributed by atoms with Gasteiger partial charge in [0.25, 0.3) is 0 Å². The summed E-state index contributed by atoms with van der Waals surface area (Å²) in [4.78, 5) is 11.5. The number of aryl methyl sites for hydroxylation is 1. The van der Waals surface area contributed by atoms with E-state index in [9.17, 15) is 9.90 Å². The van der Waals surface area contributed by atoms with Crippen LogP contribution in [0.5, 0.6) is 5.75 Å². The van der Waals surface area contributed by atoms with Crippen molar-refractivity contribution in [3.63, 3.8) is 0 Å². The third-order valence-electron chi connectivity index (χ3n) is 3.41. The molecule has 0 saturated carbocycles. The number of benzene rings is 1. The number of rotatable bonds is 5. The van der Waals surface area contributed by atoms with Gasteiger partial charge in [-0.3, -0.25) is 0 Å². The van der Waals surface area contributed by atoms with Crippen molar-refractivity contribution in [2.24, 2.45) is 5.92 Å². The van der Waals surface area contributed by atoms with Crippen LogP contribution in [0, 0.1) is 12.8 Å². The van der Waals surface area contributed by atoms with Gasteiger partial charge in [-0.2, -0.15) is 0 Å². The summed E-state index contributed by atoms with van der Waals surface area (Å²) in [7, 11) is 0. The Labute approximate surface area is 119 Å². The first kappa shape index (κ1) is 14.4. The fraction of sp³-hybridized carbons (Fsp3) is 0.438.